The van der Waals surface area contributed by atoms with Gasteiger partial charge in [-0.25, -0.2) is 13.2 Å². The maximum absolute atomic E-state index is 12.3. The summed E-state index contributed by atoms with van der Waals surface area (Å²) in [7, 11) is -1.40. The van der Waals surface area contributed by atoms with Crippen LogP contribution >= 0.6 is 0 Å². The van der Waals surface area contributed by atoms with E-state index in [9.17, 15) is 13.2 Å². The standard InChI is InChI=1S/C15H21NO4S/c1-16-9-3-2-6-13(16)8-10-21(19,20)14-7-4-5-12(11-14)15(17)18/h4-5,7,11,13H,2-3,6,8-10H2,1H3,(H,17,18). The van der Waals surface area contributed by atoms with Crippen molar-refractivity contribution in [2.45, 2.75) is 36.6 Å². The molecule has 1 aliphatic rings. The van der Waals surface area contributed by atoms with Gasteiger partial charge in [-0.1, -0.05) is 12.5 Å². The molecule has 21 heavy (non-hydrogen) atoms. The largest absolute Gasteiger partial charge is 0.478 e. The molecule has 2 rings (SSSR count). The van der Waals surface area contributed by atoms with E-state index in [0.717, 1.165) is 19.4 Å². The van der Waals surface area contributed by atoms with Gasteiger partial charge >= 0.3 is 5.97 Å². The molecule has 1 fully saturated rings. The van der Waals surface area contributed by atoms with E-state index in [1.54, 1.807) is 0 Å². The molecule has 0 spiro atoms. The average Bonchev–Trinajstić information content (AvgIpc) is 2.46. The fraction of sp³-hybridized carbons (Fsp3) is 0.533. The van der Waals surface area contributed by atoms with Gasteiger partial charge in [0, 0.05) is 6.04 Å². The summed E-state index contributed by atoms with van der Waals surface area (Å²) < 4.78 is 24.7. The van der Waals surface area contributed by atoms with Gasteiger partial charge in [0.2, 0.25) is 0 Å². The second-order valence-electron chi connectivity index (χ2n) is 5.57. The highest BCUT2D eigenvalue weighted by atomic mass is 32.2. The number of sulfone groups is 1. The maximum atomic E-state index is 12.3. The molecule has 0 radical (unpaired) electrons. The smallest absolute Gasteiger partial charge is 0.335 e. The van der Waals surface area contributed by atoms with Gasteiger partial charge in [-0.05, 0) is 51.1 Å². The summed E-state index contributed by atoms with van der Waals surface area (Å²) in [6, 6.07) is 5.88. The molecule has 1 aliphatic heterocycles. The van der Waals surface area contributed by atoms with Crippen LogP contribution in [0.25, 0.3) is 0 Å². The van der Waals surface area contributed by atoms with Crippen LogP contribution in [0.3, 0.4) is 0 Å². The number of rotatable bonds is 5. The van der Waals surface area contributed by atoms with Gasteiger partial charge in [-0.2, -0.15) is 0 Å². The number of aromatic carboxylic acids is 1. The Morgan fingerprint density at radius 3 is 2.81 bits per heavy atom. The van der Waals surface area contributed by atoms with Gasteiger partial charge in [-0.3, -0.25) is 0 Å². The van der Waals surface area contributed by atoms with Crippen LogP contribution in [-0.2, 0) is 9.84 Å². The Bertz CT molecular complexity index is 612. The maximum Gasteiger partial charge on any atom is 0.335 e. The van der Waals surface area contributed by atoms with Crippen molar-refractivity contribution in [3.63, 3.8) is 0 Å². The molecular formula is C15H21NO4S. The van der Waals surface area contributed by atoms with Gasteiger partial charge in [0.1, 0.15) is 0 Å². The SMILES string of the molecule is CN1CCCCC1CCS(=O)(=O)c1cccc(C(=O)O)c1. The van der Waals surface area contributed by atoms with E-state index < -0.39 is 15.8 Å². The van der Waals surface area contributed by atoms with E-state index >= 15 is 0 Å². The number of carbonyl (C=O) groups is 1. The predicted molar refractivity (Wildman–Crippen MR) is 80.3 cm³/mol. The van der Waals surface area contributed by atoms with Gasteiger partial charge in [0.25, 0.3) is 0 Å². The fourth-order valence-corrected chi connectivity index (χ4v) is 4.15. The Morgan fingerprint density at radius 2 is 2.14 bits per heavy atom. The number of carboxylic acids is 1. The Kier molecular flexibility index (Phi) is 5.00. The molecule has 0 amide bonds. The summed E-state index contributed by atoms with van der Waals surface area (Å²) in [5, 5.41) is 8.94. The molecule has 0 saturated carbocycles. The van der Waals surface area contributed by atoms with Crippen molar-refractivity contribution in [3.8, 4) is 0 Å². The van der Waals surface area contributed by atoms with E-state index in [-0.39, 0.29) is 16.2 Å². The lowest BCUT2D eigenvalue weighted by atomic mass is 10.0. The molecule has 0 aliphatic carbocycles. The molecule has 1 aromatic rings. The van der Waals surface area contributed by atoms with Crippen molar-refractivity contribution in [3.05, 3.63) is 29.8 Å². The molecule has 1 heterocycles. The van der Waals surface area contributed by atoms with E-state index in [2.05, 4.69) is 4.90 Å². The number of piperidine rings is 1. The second-order valence-corrected chi connectivity index (χ2v) is 7.68. The van der Waals surface area contributed by atoms with Crippen molar-refractivity contribution < 1.29 is 18.3 Å². The van der Waals surface area contributed by atoms with Crippen molar-refractivity contribution >= 4 is 15.8 Å². The minimum atomic E-state index is -3.43. The number of hydrogen-bond acceptors (Lipinski definition) is 4. The molecule has 1 aromatic carbocycles. The van der Waals surface area contributed by atoms with E-state index in [1.165, 1.54) is 30.7 Å². The number of carboxylic acid groups (broad SMARTS) is 1. The molecule has 0 bridgehead atoms. The monoisotopic (exact) mass is 311 g/mol. The van der Waals surface area contributed by atoms with Crippen LogP contribution in [-0.4, -0.2) is 49.8 Å². The van der Waals surface area contributed by atoms with Crippen molar-refractivity contribution in [2.24, 2.45) is 0 Å². The number of benzene rings is 1. The van der Waals surface area contributed by atoms with Crippen molar-refractivity contribution in [1.29, 1.82) is 0 Å². The third-order valence-corrected chi connectivity index (χ3v) is 5.83. The molecular weight excluding hydrogens is 290 g/mol. The van der Waals surface area contributed by atoms with Crippen LogP contribution in [0.15, 0.2) is 29.2 Å². The number of likely N-dealkylation sites (tertiary alicyclic amines) is 1. The first kappa shape index (κ1) is 16.0. The Hall–Kier alpha value is -1.40. The zero-order valence-corrected chi connectivity index (χ0v) is 13.0. The quantitative estimate of drug-likeness (QED) is 0.900. The summed E-state index contributed by atoms with van der Waals surface area (Å²) in [5.41, 5.74) is 0.00543. The molecule has 116 valence electrons. The summed E-state index contributed by atoms with van der Waals surface area (Å²) in [5.74, 6) is -1.05. The molecule has 1 atom stereocenters. The van der Waals surface area contributed by atoms with E-state index in [0.29, 0.717) is 12.5 Å². The van der Waals surface area contributed by atoms with Crippen molar-refractivity contribution in [2.75, 3.05) is 19.3 Å². The minimum absolute atomic E-state index is 0.00543. The Balaban J connectivity index is 2.07. The van der Waals surface area contributed by atoms with Crippen LogP contribution in [0.4, 0.5) is 0 Å². The van der Waals surface area contributed by atoms with Crippen LogP contribution < -0.4 is 0 Å². The van der Waals surface area contributed by atoms with E-state index in [1.807, 2.05) is 7.05 Å². The molecule has 1 saturated heterocycles. The molecule has 0 aromatic heterocycles. The van der Waals surface area contributed by atoms with Crippen molar-refractivity contribution in [1.82, 2.24) is 4.90 Å². The number of nitrogens with zero attached hydrogens (tertiary/aromatic N) is 1. The first-order valence-electron chi connectivity index (χ1n) is 7.16. The molecule has 5 nitrogen and oxygen atoms in total. The lowest BCUT2D eigenvalue weighted by molar-refractivity contribution is 0.0696. The Morgan fingerprint density at radius 1 is 1.38 bits per heavy atom. The zero-order chi connectivity index (χ0) is 15.5. The van der Waals surface area contributed by atoms with Crippen LogP contribution in [0.1, 0.15) is 36.0 Å². The molecule has 1 N–H and O–H groups in total. The normalized spacial score (nSPS) is 20.3. The lowest BCUT2D eigenvalue weighted by Gasteiger charge is -2.32. The summed E-state index contributed by atoms with van der Waals surface area (Å²) in [6.45, 7) is 1.01. The summed E-state index contributed by atoms with van der Waals surface area (Å²) in [4.78, 5) is 13.2. The second kappa shape index (κ2) is 6.58. The first-order valence-corrected chi connectivity index (χ1v) is 8.82. The number of hydrogen-bond donors (Lipinski definition) is 1. The highest BCUT2D eigenvalue weighted by Crippen LogP contribution is 2.21. The highest BCUT2D eigenvalue weighted by molar-refractivity contribution is 7.91. The minimum Gasteiger partial charge on any atom is -0.478 e. The third-order valence-electron chi connectivity index (χ3n) is 4.08. The van der Waals surface area contributed by atoms with Gasteiger partial charge < -0.3 is 10.0 Å². The topological polar surface area (TPSA) is 74.7 Å². The van der Waals surface area contributed by atoms with Gasteiger partial charge in [-0.15, -0.1) is 0 Å². The van der Waals surface area contributed by atoms with E-state index in [4.69, 9.17) is 5.11 Å². The van der Waals surface area contributed by atoms with Gasteiger partial charge in [0.05, 0.1) is 16.2 Å². The highest BCUT2D eigenvalue weighted by Gasteiger charge is 2.23. The fourth-order valence-electron chi connectivity index (χ4n) is 2.74. The average molecular weight is 311 g/mol. The predicted octanol–water partition coefficient (Wildman–Crippen LogP) is 2.03. The molecule has 1 unspecified atom stereocenters. The van der Waals surface area contributed by atoms with Crippen LogP contribution in [0, 0.1) is 0 Å². The van der Waals surface area contributed by atoms with Gasteiger partial charge in [0.15, 0.2) is 9.84 Å². The van der Waals surface area contributed by atoms with Crippen LogP contribution in [0.5, 0.6) is 0 Å². The summed E-state index contributed by atoms with van der Waals surface area (Å²) >= 11 is 0. The molecule has 6 heteroatoms. The van der Waals surface area contributed by atoms with Crippen LogP contribution in [0.2, 0.25) is 0 Å². The Labute approximate surface area is 125 Å². The summed E-state index contributed by atoms with van der Waals surface area (Å²) in [6.07, 6.45) is 3.93. The third kappa shape index (κ3) is 4.04. The zero-order valence-electron chi connectivity index (χ0n) is 12.2. The lowest BCUT2D eigenvalue weighted by Crippen LogP contribution is -2.37. The first-order chi connectivity index (χ1) is 9.90.